The first-order chi connectivity index (χ1) is 12.6. The van der Waals surface area contributed by atoms with Crippen LogP contribution in [0.3, 0.4) is 0 Å². The molecule has 0 radical (unpaired) electrons. The molecule has 3 aromatic rings. The second-order valence-electron chi connectivity index (χ2n) is 5.68. The molecule has 0 spiro atoms. The van der Waals surface area contributed by atoms with E-state index in [2.05, 4.69) is 10.9 Å². The molecular formula is C17H14F3N3O3S. The maximum Gasteiger partial charge on any atom is 0.416 e. The zero-order valence-electron chi connectivity index (χ0n) is 13.6. The molecule has 0 aliphatic carbocycles. The lowest BCUT2D eigenvalue weighted by Gasteiger charge is -2.16. The number of nitrogens with one attached hydrogen (secondary N) is 2. The Labute approximate surface area is 152 Å². The summed E-state index contributed by atoms with van der Waals surface area (Å²) in [7, 11) is -4.52. The first-order valence-electron chi connectivity index (χ1n) is 7.55. The molecule has 0 fully saturated rings. The van der Waals surface area contributed by atoms with Crippen molar-refractivity contribution >= 4 is 38.0 Å². The highest BCUT2D eigenvalue weighted by Crippen LogP contribution is 2.34. The summed E-state index contributed by atoms with van der Waals surface area (Å²) in [6, 6.07) is 11.7. The second kappa shape index (κ2) is 6.63. The Kier molecular flexibility index (Phi) is 4.62. The van der Waals surface area contributed by atoms with Crippen molar-refractivity contribution in [2.24, 2.45) is 0 Å². The Bertz CT molecular complexity index is 1100. The molecule has 27 heavy (non-hydrogen) atoms. The monoisotopic (exact) mass is 397 g/mol. The molecule has 6 nitrogen and oxygen atoms in total. The summed E-state index contributed by atoms with van der Waals surface area (Å²) < 4.78 is 70.6. The maximum atomic E-state index is 12.6. The number of nitrogen functional groups attached to an aromatic ring is 1. The van der Waals surface area contributed by atoms with Gasteiger partial charge in [-0.1, -0.05) is 24.3 Å². The van der Waals surface area contributed by atoms with Gasteiger partial charge in [0.15, 0.2) is 0 Å². The number of hydrogen-bond acceptors (Lipinski definition) is 5. The van der Waals surface area contributed by atoms with Crippen molar-refractivity contribution < 1.29 is 26.1 Å². The average molecular weight is 397 g/mol. The molecular weight excluding hydrogens is 383 g/mol. The Balaban J connectivity index is 1.95. The van der Waals surface area contributed by atoms with E-state index in [1.54, 1.807) is 18.2 Å². The zero-order chi connectivity index (χ0) is 19.8. The van der Waals surface area contributed by atoms with Crippen LogP contribution in [-0.4, -0.2) is 13.0 Å². The average Bonchev–Trinajstić information content (AvgIpc) is 2.60. The molecule has 10 heteroatoms. The molecule has 5 N–H and O–H groups in total. The summed E-state index contributed by atoms with van der Waals surface area (Å²) in [5.74, 6) is 0. The van der Waals surface area contributed by atoms with Crippen molar-refractivity contribution in [3.63, 3.8) is 0 Å². The van der Waals surface area contributed by atoms with Gasteiger partial charge in [0.1, 0.15) is 4.90 Å². The number of nitrogens with two attached hydrogens (primary N) is 1. The minimum atomic E-state index is -4.52. The number of rotatable bonds is 4. The smallest absolute Gasteiger partial charge is 0.396 e. The van der Waals surface area contributed by atoms with Crippen LogP contribution in [0.1, 0.15) is 5.56 Å². The Morgan fingerprint density at radius 3 is 2.07 bits per heavy atom. The van der Waals surface area contributed by atoms with Crippen molar-refractivity contribution in [2.45, 2.75) is 11.1 Å². The lowest BCUT2D eigenvalue weighted by Crippen LogP contribution is -2.12. The first-order valence-corrected chi connectivity index (χ1v) is 8.99. The van der Waals surface area contributed by atoms with Gasteiger partial charge in [-0.25, -0.2) is 0 Å². The number of halogens is 3. The van der Waals surface area contributed by atoms with Gasteiger partial charge in [-0.3, -0.25) is 9.98 Å². The van der Waals surface area contributed by atoms with E-state index in [9.17, 15) is 26.1 Å². The minimum Gasteiger partial charge on any atom is -0.396 e. The van der Waals surface area contributed by atoms with E-state index in [0.29, 0.717) is 11.1 Å². The van der Waals surface area contributed by atoms with Gasteiger partial charge in [-0.15, -0.1) is 0 Å². The Morgan fingerprint density at radius 1 is 0.926 bits per heavy atom. The summed E-state index contributed by atoms with van der Waals surface area (Å²) in [5, 5.41) is 0.641. The van der Waals surface area contributed by atoms with Crippen LogP contribution in [0.5, 0.6) is 0 Å². The van der Waals surface area contributed by atoms with Crippen molar-refractivity contribution in [1.82, 2.24) is 0 Å². The molecule has 0 aliphatic rings. The number of alkyl halides is 3. The van der Waals surface area contributed by atoms with E-state index in [4.69, 9.17) is 5.73 Å². The highest BCUT2D eigenvalue weighted by molar-refractivity contribution is 7.86. The second-order valence-corrected chi connectivity index (χ2v) is 7.07. The van der Waals surface area contributed by atoms with E-state index >= 15 is 0 Å². The fraction of sp³-hybridized carbons (Fsp3) is 0.0588. The van der Waals surface area contributed by atoms with Crippen LogP contribution < -0.4 is 16.6 Å². The van der Waals surface area contributed by atoms with E-state index in [-0.39, 0.29) is 21.7 Å². The van der Waals surface area contributed by atoms with Crippen LogP contribution in [0.25, 0.3) is 10.8 Å². The van der Waals surface area contributed by atoms with Gasteiger partial charge < -0.3 is 11.2 Å². The number of hydrazine groups is 1. The summed E-state index contributed by atoms with van der Waals surface area (Å²) in [6.07, 6.45) is -4.45. The quantitative estimate of drug-likeness (QED) is 0.300. The first kappa shape index (κ1) is 18.8. The predicted octanol–water partition coefficient (Wildman–Crippen LogP) is 4.13. The Morgan fingerprint density at radius 2 is 1.52 bits per heavy atom. The van der Waals surface area contributed by atoms with E-state index < -0.39 is 21.9 Å². The van der Waals surface area contributed by atoms with E-state index in [1.165, 1.54) is 18.2 Å². The normalized spacial score (nSPS) is 12.1. The van der Waals surface area contributed by atoms with Crippen LogP contribution >= 0.6 is 0 Å². The molecule has 3 aromatic carbocycles. The summed E-state index contributed by atoms with van der Waals surface area (Å²) >= 11 is 0. The molecule has 0 saturated heterocycles. The van der Waals surface area contributed by atoms with Gasteiger partial charge in [0, 0.05) is 10.8 Å². The molecule has 3 rings (SSSR count). The highest BCUT2D eigenvalue weighted by atomic mass is 32.2. The van der Waals surface area contributed by atoms with Crippen molar-refractivity contribution in [2.75, 3.05) is 16.6 Å². The lowest BCUT2D eigenvalue weighted by molar-refractivity contribution is -0.137. The molecule has 142 valence electrons. The van der Waals surface area contributed by atoms with Crippen LogP contribution in [0.15, 0.2) is 59.5 Å². The third-order valence-corrected chi connectivity index (χ3v) is 4.77. The fourth-order valence-corrected chi connectivity index (χ4v) is 3.29. The van der Waals surface area contributed by atoms with Crippen LogP contribution in [0.4, 0.5) is 30.2 Å². The summed E-state index contributed by atoms with van der Waals surface area (Å²) in [6.45, 7) is 0. The van der Waals surface area contributed by atoms with Gasteiger partial charge in [0.05, 0.1) is 22.6 Å². The largest absolute Gasteiger partial charge is 0.416 e. The predicted molar refractivity (Wildman–Crippen MR) is 96.9 cm³/mol. The van der Waals surface area contributed by atoms with Crippen molar-refractivity contribution in [3.8, 4) is 0 Å². The lowest BCUT2D eigenvalue weighted by atomic mass is 10.1. The summed E-state index contributed by atoms with van der Waals surface area (Å²) in [4.78, 5) is -0.344. The number of fused-ring (bicyclic) bond motifs is 1. The molecule has 0 amide bonds. The molecule has 0 atom stereocenters. The van der Waals surface area contributed by atoms with Gasteiger partial charge >= 0.3 is 6.18 Å². The molecule has 0 aliphatic heterocycles. The molecule has 0 bridgehead atoms. The van der Waals surface area contributed by atoms with Crippen LogP contribution in [0, 0.1) is 0 Å². The molecule has 0 unspecified atom stereocenters. The minimum absolute atomic E-state index is 0.140. The van der Waals surface area contributed by atoms with Crippen molar-refractivity contribution in [1.29, 1.82) is 0 Å². The third kappa shape index (κ3) is 3.91. The van der Waals surface area contributed by atoms with Crippen LogP contribution in [0.2, 0.25) is 0 Å². The van der Waals surface area contributed by atoms with E-state index in [1.807, 2.05) is 0 Å². The number of benzene rings is 3. The van der Waals surface area contributed by atoms with Gasteiger partial charge in [-0.05, 0) is 30.3 Å². The van der Waals surface area contributed by atoms with Gasteiger partial charge in [0.25, 0.3) is 10.1 Å². The van der Waals surface area contributed by atoms with Crippen molar-refractivity contribution in [3.05, 3.63) is 60.2 Å². The van der Waals surface area contributed by atoms with Gasteiger partial charge in [0.2, 0.25) is 0 Å². The highest BCUT2D eigenvalue weighted by Gasteiger charge is 2.29. The van der Waals surface area contributed by atoms with Crippen LogP contribution in [-0.2, 0) is 16.3 Å². The molecule has 0 heterocycles. The third-order valence-electron chi connectivity index (χ3n) is 3.88. The number of anilines is 3. The Hall–Kier alpha value is -2.98. The molecule has 0 aromatic heterocycles. The summed E-state index contributed by atoms with van der Waals surface area (Å²) in [5.41, 5.74) is 11.2. The topological polar surface area (TPSA) is 104 Å². The molecule has 0 saturated carbocycles. The maximum absolute atomic E-state index is 12.6. The van der Waals surface area contributed by atoms with E-state index in [0.717, 1.165) is 18.2 Å². The number of hydrogen-bond donors (Lipinski definition) is 4. The van der Waals surface area contributed by atoms with Gasteiger partial charge in [-0.2, -0.15) is 21.6 Å². The standard InChI is InChI=1S/C17H14F3N3O3S/c18-17(19,20)10-5-7-11(8-6-10)22-23-14-9-15(27(24,25)26)12-3-1-2-4-13(12)16(14)21/h1-9,22-23H,21H2,(H,24,25,26). The fourth-order valence-electron chi connectivity index (χ4n) is 2.56. The zero-order valence-corrected chi connectivity index (χ0v) is 14.4. The SMILES string of the molecule is Nc1c(NNc2ccc(C(F)(F)F)cc2)cc(S(=O)(=O)O)c2ccccc12.